The number of nitrogens with two attached hydrogens (primary N) is 1. The number of nitrogen functional groups attached to an aromatic ring is 1. The molecule has 0 amide bonds. The third kappa shape index (κ3) is 2.76. The maximum absolute atomic E-state index is 5.71. The fourth-order valence-electron chi connectivity index (χ4n) is 2.58. The molecular weight excluding hydrogens is 252 g/mol. The molecule has 3 rings (SSSR count). The van der Waals surface area contributed by atoms with Crippen LogP contribution in [0.5, 0.6) is 0 Å². The van der Waals surface area contributed by atoms with Gasteiger partial charge in [-0.2, -0.15) is 4.98 Å². The summed E-state index contributed by atoms with van der Waals surface area (Å²) in [6, 6.07) is 7.96. The highest BCUT2D eigenvalue weighted by molar-refractivity contribution is 5.40. The van der Waals surface area contributed by atoms with Crippen LogP contribution < -0.4 is 10.6 Å². The van der Waals surface area contributed by atoms with Crippen molar-refractivity contribution in [3.8, 4) is 0 Å². The SMILES string of the molecule is CC(Cc1nc(N2CCCC2)no1)c1ccc(N)cc1. The van der Waals surface area contributed by atoms with Crippen LogP contribution in [0.4, 0.5) is 11.6 Å². The van der Waals surface area contributed by atoms with Crippen LogP contribution in [0.25, 0.3) is 0 Å². The van der Waals surface area contributed by atoms with Gasteiger partial charge < -0.3 is 15.2 Å². The summed E-state index contributed by atoms with van der Waals surface area (Å²) < 4.78 is 5.37. The number of benzene rings is 1. The zero-order chi connectivity index (χ0) is 13.9. The zero-order valence-corrected chi connectivity index (χ0v) is 11.7. The van der Waals surface area contributed by atoms with Gasteiger partial charge in [-0.25, -0.2) is 0 Å². The van der Waals surface area contributed by atoms with E-state index in [-0.39, 0.29) is 0 Å². The van der Waals surface area contributed by atoms with Crippen molar-refractivity contribution in [1.29, 1.82) is 0 Å². The average Bonchev–Trinajstić information content (AvgIpc) is 3.09. The first kappa shape index (κ1) is 13.0. The Balaban J connectivity index is 1.66. The fraction of sp³-hybridized carbons (Fsp3) is 0.467. The van der Waals surface area contributed by atoms with Gasteiger partial charge >= 0.3 is 0 Å². The minimum atomic E-state index is 0.336. The van der Waals surface area contributed by atoms with Crippen molar-refractivity contribution in [2.24, 2.45) is 0 Å². The second-order valence-electron chi connectivity index (χ2n) is 5.45. The van der Waals surface area contributed by atoms with Gasteiger partial charge in [-0.15, -0.1) is 0 Å². The van der Waals surface area contributed by atoms with E-state index < -0.39 is 0 Å². The van der Waals surface area contributed by atoms with Crippen molar-refractivity contribution in [2.45, 2.75) is 32.1 Å². The summed E-state index contributed by atoms with van der Waals surface area (Å²) in [4.78, 5) is 6.68. The molecule has 0 spiro atoms. The van der Waals surface area contributed by atoms with Crippen molar-refractivity contribution >= 4 is 11.6 Å². The second kappa shape index (κ2) is 5.53. The Hall–Kier alpha value is -2.04. The molecule has 2 aromatic rings. The summed E-state index contributed by atoms with van der Waals surface area (Å²) in [6.45, 7) is 4.23. The topological polar surface area (TPSA) is 68.2 Å². The maximum atomic E-state index is 5.71. The van der Waals surface area contributed by atoms with Crippen LogP contribution in [-0.2, 0) is 6.42 Å². The summed E-state index contributed by atoms with van der Waals surface area (Å²) >= 11 is 0. The third-order valence-electron chi connectivity index (χ3n) is 3.83. The Morgan fingerprint density at radius 3 is 2.65 bits per heavy atom. The van der Waals surface area contributed by atoms with Gasteiger partial charge in [0.25, 0.3) is 5.95 Å². The number of nitrogens with zero attached hydrogens (tertiary/aromatic N) is 3. The number of hydrogen-bond donors (Lipinski definition) is 1. The molecular formula is C15H20N4O. The van der Waals surface area contributed by atoms with E-state index in [0.29, 0.717) is 11.8 Å². The standard InChI is InChI=1S/C15H20N4O/c1-11(12-4-6-13(16)7-5-12)10-14-17-15(18-20-14)19-8-2-3-9-19/h4-7,11H,2-3,8-10,16H2,1H3. The monoisotopic (exact) mass is 272 g/mol. The highest BCUT2D eigenvalue weighted by atomic mass is 16.5. The van der Waals surface area contributed by atoms with Gasteiger partial charge in [0.2, 0.25) is 5.89 Å². The summed E-state index contributed by atoms with van der Waals surface area (Å²) in [5.74, 6) is 1.78. The lowest BCUT2D eigenvalue weighted by molar-refractivity contribution is 0.371. The molecule has 1 aromatic carbocycles. The molecule has 2 N–H and O–H groups in total. The smallest absolute Gasteiger partial charge is 0.266 e. The Morgan fingerprint density at radius 1 is 1.25 bits per heavy atom. The molecule has 1 fully saturated rings. The molecule has 1 aliphatic rings. The van der Waals surface area contributed by atoms with Crippen molar-refractivity contribution in [3.05, 3.63) is 35.7 Å². The van der Waals surface area contributed by atoms with Crippen LogP contribution in [0.15, 0.2) is 28.8 Å². The fourth-order valence-corrected chi connectivity index (χ4v) is 2.58. The Morgan fingerprint density at radius 2 is 1.95 bits per heavy atom. The first-order chi connectivity index (χ1) is 9.72. The predicted molar refractivity (Wildman–Crippen MR) is 78.7 cm³/mol. The molecule has 1 aromatic heterocycles. The van der Waals surface area contributed by atoms with E-state index in [1.165, 1.54) is 18.4 Å². The van der Waals surface area contributed by atoms with Gasteiger partial charge in [0.1, 0.15) is 0 Å². The lowest BCUT2D eigenvalue weighted by Crippen LogP contribution is -2.18. The molecule has 20 heavy (non-hydrogen) atoms. The first-order valence-corrected chi connectivity index (χ1v) is 7.15. The average molecular weight is 272 g/mol. The highest BCUT2D eigenvalue weighted by Gasteiger charge is 2.19. The number of hydrogen-bond acceptors (Lipinski definition) is 5. The van der Waals surface area contributed by atoms with E-state index in [1.54, 1.807) is 0 Å². The Labute approximate surface area is 118 Å². The van der Waals surface area contributed by atoms with Gasteiger partial charge in [0.15, 0.2) is 0 Å². The van der Waals surface area contributed by atoms with Crippen LogP contribution in [-0.4, -0.2) is 23.2 Å². The lowest BCUT2D eigenvalue weighted by Gasteiger charge is -2.10. The maximum Gasteiger partial charge on any atom is 0.266 e. The summed E-state index contributed by atoms with van der Waals surface area (Å²) in [6.07, 6.45) is 3.18. The quantitative estimate of drug-likeness (QED) is 0.866. The molecule has 5 heteroatoms. The Bertz CT molecular complexity index is 558. The van der Waals surface area contributed by atoms with E-state index in [2.05, 4.69) is 34.1 Å². The highest BCUT2D eigenvalue weighted by Crippen LogP contribution is 2.22. The normalized spacial score (nSPS) is 16.6. The number of anilines is 2. The summed E-state index contributed by atoms with van der Waals surface area (Å²) in [5, 5.41) is 4.08. The van der Waals surface area contributed by atoms with E-state index in [1.807, 2.05) is 12.1 Å². The minimum absolute atomic E-state index is 0.336. The van der Waals surface area contributed by atoms with Crippen LogP contribution in [0.2, 0.25) is 0 Å². The first-order valence-electron chi connectivity index (χ1n) is 7.15. The molecule has 0 aliphatic carbocycles. The van der Waals surface area contributed by atoms with Crippen LogP contribution in [0.1, 0.15) is 37.1 Å². The molecule has 2 heterocycles. The number of rotatable bonds is 4. The molecule has 0 saturated carbocycles. The molecule has 1 atom stereocenters. The molecule has 1 unspecified atom stereocenters. The van der Waals surface area contributed by atoms with Gasteiger partial charge in [0.05, 0.1) is 0 Å². The van der Waals surface area contributed by atoms with Crippen LogP contribution >= 0.6 is 0 Å². The predicted octanol–water partition coefficient (Wildman–Crippen LogP) is 2.60. The van der Waals surface area contributed by atoms with Crippen LogP contribution in [0, 0.1) is 0 Å². The summed E-state index contributed by atoms with van der Waals surface area (Å²) in [7, 11) is 0. The zero-order valence-electron chi connectivity index (χ0n) is 11.7. The number of aromatic nitrogens is 2. The van der Waals surface area contributed by atoms with Crippen molar-refractivity contribution in [3.63, 3.8) is 0 Å². The van der Waals surface area contributed by atoms with Crippen molar-refractivity contribution in [2.75, 3.05) is 23.7 Å². The van der Waals surface area contributed by atoms with Crippen molar-refractivity contribution in [1.82, 2.24) is 10.1 Å². The van der Waals surface area contributed by atoms with Gasteiger partial charge in [-0.05, 0) is 41.6 Å². The third-order valence-corrected chi connectivity index (χ3v) is 3.83. The molecule has 1 aliphatic heterocycles. The lowest BCUT2D eigenvalue weighted by atomic mass is 9.98. The molecule has 1 saturated heterocycles. The van der Waals surface area contributed by atoms with Gasteiger partial charge in [-0.1, -0.05) is 19.1 Å². The molecule has 0 bridgehead atoms. The largest absolute Gasteiger partial charge is 0.399 e. The molecule has 106 valence electrons. The second-order valence-corrected chi connectivity index (χ2v) is 5.45. The van der Waals surface area contributed by atoms with Crippen molar-refractivity contribution < 1.29 is 4.52 Å². The minimum Gasteiger partial charge on any atom is -0.399 e. The molecule has 5 nitrogen and oxygen atoms in total. The van der Waals surface area contributed by atoms with E-state index >= 15 is 0 Å². The van der Waals surface area contributed by atoms with E-state index in [0.717, 1.165) is 31.1 Å². The van der Waals surface area contributed by atoms with Gasteiger partial charge in [-0.3, -0.25) is 0 Å². The Kier molecular flexibility index (Phi) is 3.58. The van der Waals surface area contributed by atoms with Crippen LogP contribution in [0.3, 0.4) is 0 Å². The van der Waals surface area contributed by atoms with Gasteiger partial charge in [0, 0.05) is 25.2 Å². The van der Waals surface area contributed by atoms with E-state index in [9.17, 15) is 0 Å². The van der Waals surface area contributed by atoms with E-state index in [4.69, 9.17) is 10.3 Å². The molecule has 0 radical (unpaired) electrons. The summed E-state index contributed by atoms with van der Waals surface area (Å²) in [5.41, 5.74) is 7.73.